The summed E-state index contributed by atoms with van der Waals surface area (Å²) in [6.07, 6.45) is 8.25. The zero-order valence-electron chi connectivity index (χ0n) is 6.14. The van der Waals surface area contributed by atoms with Crippen LogP contribution in [0.2, 0.25) is 0 Å². The summed E-state index contributed by atoms with van der Waals surface area (Å²) >= 11 is 0. The van der Waals surface area contributed by atoms with Gasteiger partial charge in [0.2, 0.25) is 0 Å². The Morgan fingerprint density at radius 2 is 2.33 bits per heavy atom. The van der Waals surface area contributed by atoms with E-state index in [9.17, 15) is 4.79 Å². The van der Waals surface area contributed by atoms with E-state index in [1.165, 1.54) is 0 Å². The van der Waals surface area contributed by atoms with E-state index in [-0.39, 0.29) is 32.7 Å². The summed E-state index contributed by atoms with van der Waals surface area (Å²) in [6.45, 7) is 0. The molecule has 0 amide bonds. The number of aromatic nitrogens is 3. The summed E-state index contributed by atoms with van der Waals surface area (Å²) in [4.78, 5) is 17.9. The molecule has 4 nitrogen and oxygen atoms in total. The van der Waals surface area contributed by atoms with Gasteiger partial charge in [0.15, 0.2) is 0 Å². The molecule has 5 heteroatoms. The van der Waals surface area contributed by atoms with Gasteiger partial charge >= 0.3 is 0 Å². The minimum Gasteiger partial charge on any atom is -0.417 e. The average Bonchev–Trinajstić information content (AvgIpc) is 2.46. The van der Waals surface area contributed by atoms with Crippen molar-refractivity contribution in [1.82, 2.24) is 14.4 Å². The van der Waals surface area contributed by atoms with Gasteiger partial charge in [-0.05, 0) is 5.69 Å². The van der Waals surface area contributed by atoms with E-state index in [4.69, 9.17) is 0 Å². The molecule has 0 unspecified atom stereocenters. The van der Waals surface area contributed by atoms with Crippen LogP contribution in [0.15, 0.2) is 24.8 Å². The van der Waals surface area contributed by atoms with Crippen molar-refractivity contribution in [3.8, 4) is 0 Å². The maximum atomic E-state index is 10.2. The molecule has 0 saturated heterocycles. The van der Waals surface area contributed by atoms with Gasteiger partial charge in [0.1, 0.15) is 5.65 Å². The zero-order chi connectivity index (χ0) is 7.68. The van der Waals surface area contributed by atoms with E-state index >= 15 is 0 Å². The van der Waals surface area contributed by atoms with E-state index in [0.717, 1.165) is 0 Å². The number of rotatable bonds is 1. The molecule has 0 bridgehead atoms. The summed E-state index contributed by atoms with van der Waals surface area (Å²) < 4.78 is 1.72. The SMILES string of the molecule is O=[C-]c1cn2ccncc2n1.[Y]. The first-order valence-corrected chi connectivity index (χ1v) is 3.07. The molecule has 0 aliphatic carbocycles. The fourth-order valence-electron chi connectivity index (χ4n) is 0.892. The summed E-state index contributed by atoms with van der Waals surface area (Å²) in [6, 6.07) is 0. The normalized spacial score (nSPS) is 9.33. The molecular weight excluding hydrogens is 231 g/mol. The van der Waals surface area contributed by atoms with Crippen LogP contribution in [0, 0.1) is 0 Å². The Hall–Kier alpha value is -0.606. The number of carbonyl (C=O) groups excluding carboxylic acids is 1. The fourth-order valence-corrected chi connectivity index (χ4v) is 0.892. The maximum absolute atomic E-state index is 10.2. The summed E-state index contributed by atoms with van der Waals surface area (Å²) in [5.74, 6) is 0. The van der Waals surface area contributed by atoms with Crippen molar-refractivity contribution >= 4 is 11.9 Å². The van der Waals surface area contributed by atoms with E-state index in [1.54, 1.807) is 35.5 Å². The van der Waals surface area contributed by atoms with E-state index in [1.807, 2.05) is 0 Å². The molecule has 1 radical (unpaired) electrons. The number of nitrogens with zero attached hydrogens (tertiary/aromatic N) is 3. The molecule has 0 spiro atoms. The largest absolute Gasteiger partial charge is 0.417 e. The maximum Gasteiger partial charge on any atom is 0.136 e. The molecule has 0 fully saturated rings. The third-order valence-corrected chi connectivity index (χ3v) is 1.37. The Balaban J connectivity index is 0.000000720. The van der Waals surface area contributed by atoms with Gasteiger partial charge in [-0.2, -0.15) is 0 Å². The quantitative estimate of drug-likeness (QED) is 0.662. The van der Waals surface area contributed by atoms with Crippen LogP contribution in [0.5, 0.6) is 0 Å². The summed E-state index contributed by atoms with van der Waals surface area (Å²) in [7, 11) is 0. The molecule has 0 aliphatic rings. The monoisotopic (exact) mass is 235 g/mol. The smallest absolute Gasteiger partial charge is 0.136 e. The Kier molecular flexibility index (Phi) is 3.06. The van der Waals surface area contributed by atoms with Crippen molar-refractivity contribution in [3.05, 3.63) is 30.5 Å². The predicted molar refractivity (Wildman–Crippen MR) is 37.8 cm³/mol. The molecule has 2 heterocycles. The topological polar surface area (TPSA) is 47.3 Å². The number of hydrogen-bond acceptors (Lipinski definition) is 3. The van der Waals surface area contributed by atoms with Gasteiger partial charge in [-0.3, -0.25) is 9.97 Å². The first-order valence-electron chi connectivity index (χ1n) is 3.07. The van der Waals surface area contributed by atoms with Crippen LogP contribution in [0.3, 0.4) is 0 Å². The van der Waals surface area contributed by atoms with Gasteiger partial charge in [-0.15, -0.1) is 6.20 Å². The van der Waals surface area contributed by atoms with Crippen molar-refractivity contribution in [2.24, 2.45) is 0 Å². The Bertz CT molecular complexity index is 365. The predicted octanol–water partition coefficient (Wildman–Crippen LogP) is 0.185. The molecule has 0 aromatic carbocycles. The van der Waals surface area contributed by atoms with Crippen molar-refractivity contribution in [1.29, 1.82) is 0 Å². The van der Waals surface area contributed by atoms with Gasteiger partial charge in [0.25, 0.3) is 0 Å². The molecular formula is C7H4N3OY-. The summed E-state index contributed by atoms with van der Waals surface area (Å²) in [5.41, 5.74) is 0.962. The van der Waals surface area contributed by atoms with Gasteiger partial charge in [-0.1, -0.05) is 0 Å². The molecule has 0 saturated carbocycles. The fraction of sp³-hybridized carbons (Fsp3) is 0. The average molecular weight is 235 g/mol. The zero-order valence-corrected chi connectivity index (χ0v) is 8.97. The van der Waals surface area contributed by atoms with Crippen LogP contribution in [0.25, 0.3) is 5.65 Å². The van der Waals surface area contributed by atoms with Crippen LogP contribution >= 0.6 is 0 Å². The first kappa shape index (κ1) is 9.48. The molecule has 2 aromatic heterocycles. The number of hydrogen-bond donors (Lipinski definition) is 0. The first-order chi connectivity index (χ1) is 5.40. The number of imidazole rings is 1. The molecule has 0 aliphatic heterocycles. The van der Waals surface area contributed by atoms with Crippen LogP contribution in [0.1, 0.15) is 5.69 Å². The molecule has 0 N–H and O–H groups in total. The van der Waals surface area contributed by atoms with Crippen LogP contribution < -0.4 is 0 Å². The molecule has 12 heavy (non-hydrogen) atoms. The second-order valence-corrected chi connectivity index (χ2v) is 2.07. The third-order valence-electron chi connectivity index (χ3n) is 1.37. The van der Waals surface area contributed by atoms with E-state index in [0.29, 0.717) is 11.3 Å². The van der Waals surface area contributed by atoms with Crippen LogP contribution in [-0.2, 0) is 37.5 Å². The number of fused-ring (bicyclic) bond motifs is 1. The molecule has 0 atom stereocenters. The summed E-state index contributed by atoms with van der Waals surface area (Å²) in [5, 5.41) is 0. The minimum atomic E-state index is 0. The third kappa shape index (κ3) is 1.59. The molecule has 2 aromatic rings. The van der Waals surface area contributed by atoms with Gasteiger partial charge in [0, 0.05) is 51.4 Å². The van der Waals surface area contributed by atoms with Crippen LogP contribution in [-0.4, -0.2) is 20.7 Å². The Labute approximate surface area is 93.9 Å². The van der Waals surface area contributed by atoms with Crippen molar-refractivity contribution in [3.63, 3.8) is 0 Å². The second-order valence-electron chi connectivity index (χ2n) is 2.07. The second kappa shape index (κ2) is 3.87. The van der Waals surface area contributed by atoms with E-state index in [2.05, 4.69) is 9.97 Å². The van der Waals surface area contributed by atoms with Crippen molar-refractivity contribution in [2.45, 2.75) is 0 Å². The minimum absolute atomic E-state index is 0. The van der Waals surface area contributed by atoms with Gasteiger partial charge < -0.3 is 9.20 Å². The Morgan fingerprint density at radius 1 is 1.50 bits per heavy atom. The Morgan fingerprint density at radius 3 is 3.00 bits per heavy atom. The van der Waals surface area contributed by atoms with Crippen molar-refractivity contribution in [2.75, 3.05) is 0 Å². The van der Waals surface area contributed by atoms with Gasteiger partial charge in [-0.25, -0.2) is 0 Å². The van der Waals surface area contributed by atoms with Crippen LogP contribution in [0.4, 0.5) is 0 Å². The van der Waals surface area contributed by atoms with Crippen molar-refractivity contribution < 1.29 is 37.5 Å². The standard InChI is InChI=1S/C7H4N3O.Y/c11-5-6-4-10-2-1-8-3-7(10)9-6;/h1-4H;/q-1;. The molecule has 2 rings (SSSR count). The molecule has 57 valence electrons. The van der Waals surface area contributed by atoms with E-state index < -0.39 is 0 Å². The van der Waals surface area contributed by atoms with Gasteiger partial charge in [0.05, 0.1) is 6.20 Å².